The van der Waals surface area contributed by atoms with Crippen LogP contribution in [0.2, 0.25) is 0 Å². The van der Waals surface area contributed by atoms with E-state index in [1.54, 1.807) is 12.1 Å². The maximum absolute atomic E-state index is 14.8. The monoisotopic (exact) mass is 605 g/mol. The molecule has 1 spiro atoms. The molecule has 2 N–H and O–H groups in total. The topological polar surface area (TPSA) is 125 Å². The largest absolute Gasteiger partial charge is 0.491 e. The Morgan fingerprint density at radius 2 is 1.77 bits per heavy atom. The first-order valence-electron chi connectivity index (χ1n) is 15.1. The summed E-state index contributed by atoms with van der Waals surface area (Å²) in [5.74, 6) is -1.82. The van der Waals surface area contributed by atoms with Crippen molar-refractivity contribution in [1.29, 1.82) is 0 Å². The zero-order valence-corrected chi connectivity index (χ0v) is 25.4. The molecule has 1 unspecified atom stereocenters. The van der Waals surface area contributed by atoms with Crippen molar-refractivity contribution in [2.24, 2.45) is 22.2 Å². The van der Waals surface area contributed by atoms with E-state index in [9.17, 15) is 18.4 Å². The highest BCUT2D eigenvalue weighted by Crippen LogP contribution is 2.54. The van der Waals surface area contributed by atoms with Gasteiger partial charge in [0.25, 0.3) is 11.8 Å². The van der Waals surface area contributed by atoms with Crippen LogP contribution in [-0.2, 0) is 11.3 Å². The SMILES string of the molecule is COc1c(F)cc(C2=NC3(CCC(C(C)(C)C)CC3)N(C(c3ccc(C(=O)NCc4nn[nH]n4)cc3)C3CC3)C2=O)cc1F. The number of hydrogen-bond donors (Lipinski definition) is 2. The Kier molecular flexibility index (Phi) is 7.71. The lowest BCUT2D eigenvalue weighted by Gasteiger charge is -2.47. The number of amides is 2. The van der Waals surface area contributed by atoms with Crippen molar-refractivity contribution in [3.05, 3.63) is 70.5 Å². The predicted octanol–water partition coefficient (Wildman–Crippen LogP) is 5.13. The lowest BCUT2D eigenvalue weighted by atomic mass is 9.69. The van der Waals surface area contributed by atoms with Crippen LogP contribution >= 0.6 is 0 Å². The van der Waals surface area contributed by atoms with Gasteiger partial charge in [-0.05, 0) is 85.6 Å². The van der Waals surface area contributed by atoms with E-state index in [0.29, 0.717) is 30.1 Å². The van der Waals surface area contributed by atoms with Gasteiger partial charge in [0.2, 0.25) is 0 Å². The first-order chi connectivity index (χ1) is 21.0. The number of hydrogen-bond acceptors (Lipinski definition) is 7. The van der Waals surface area contributed by atoms with E-state index in [4.69, 9.17) is 9.73 Å². The maximum Gasteiger partial charge on any atom is 0.275 e. The van der Waals surface area contributed by atoms with Gasteiger partial charge < -0.3 is 15.0 Å². The van der Waals surface area contributed by atoms with Crippen LogP contribution in [0.3, 0.4) is 0 Å². The third-order valence-electron chi connectivity index (χ3n) is 9.33. The molecule has 2 fully saturated rings. The molecular weight excluding hydrogens is 568 g/mol. The number of tetrazole rings is 1. The van der Waals surface area contributed by atoms with Gasteiger partial charge in [-0.1, -0.05) is 38.1 Å². The molecule has 2 aromatic carbocycles. The molecule has 12 heteroatoms. The molecule has 1 atom stereocenters. The Labute approximate surface area is 254 Å². The van der Waals surface area contributed by atoms with E-state index in [-0.39, 0.29) is 47.0 Å². The van der Waals surface area contributed by atoms with Crippen molar-refractivity contribution < 1.29 is 23.1 Å². The number of nitrogens with zero attached hydrogens (tertiary/aromatic N) is 5. The summed E-state index contributed by atoms with van der Waals surface area (Å²) in [5.41, 5.74) is 0.823. The smallest absolute Gasteiger partial charge is 0.275 e. The summed E-state index contributed by atoms with van der Waals surface area (Å²) in [6.07, 6.45) is 4.97. The minimum absolute atomic E-state index is 0.0720. The minimum atomic E-state index is -0.881. The van der Waals surface area contributed by atoms with Gasteiger partial charge in [0, 0.05) is 11.1 Å². The summed E-state index contributed by atoms with van der Waals surface area (Å²) in [7, 11) is 1.20. The molecule has 0 radical (unpaired) electrons. The highest BCUT2D eigenvalue weighted by atomic mass is 19.1. The third kappa shape index (κ3) is 5.57. The fraction of sp³-hybridized carbons (Fsp3) is 0.500. The molecule has 6 rings (SSSR count). The van der Waals surface area contributed by atoms with Crippen LogP contribution < -0.4 is 10.1 Å². The second-order valence-corrected chi connectivity index (χ2v) is 13.1. The summed E-state index contributed by atoms with van der Waals surface area (Å²) < 4.78 is 34.5. The normalized spacial score (nSPS) is 22.7. The van der Waals surface area contributed by atoms with Crippen LogP contribution in [0.15, 0.2) is 41.4 Å². The van der Waals surface area contributed by atoms with Crippen molar-refractivity contribution in [2.45, 2.75) is 77.5 Å². The maximum atomic E-state index is 14.8. The van der Waals surface area contributed by atoms with Gasteiger partial charge >= 0.3 is 0 Å². The molecule has 0 bridgehead atoms. The molecule has 3 aliphatic rings. The summed E-state index contributed by atoms with van der Waals surface area (Å²) in [4.78, 5) is 34.1. The highest BCUT2D eigenvalue weighted by Gasteiger charge is 2.55. The van der Waals surface area contributed by atoms with Crippen LogP contribution in [0, 0.1) is 28.9 Å². The molecule has 2 amide bonds. The number of carbonyl (C=O) groups is 2. The Bertz CT molecular complexity index is 1550. The van der Waals surface area contributed by atoms with Crippen LogP contribution in [0.1, 0.15) is 92.6 Å². The Balaban J connectivity index is 1.33. The first kappa shape index (κ1) is 29.8. The zero-order chi connectivity index (χ0) is 31.2. The van der Waals surface area contributed by atoms with E-state index in [1.807, 2.05) is 17.0 Å². The van der Waals surface area contributed by atoms with Crippen LogP contribution in [0.25, 0.3) is 0 Å². The molecule has 1 aromatic heterocycles. The number of aliphatic imine (C=N–C) groups is 1. The fourth-order valence-electron chi connectivity index (χ4n) is 6.77. The molecule has 3 aromatic rings. The van der Waals surface area contributed by atoms with Gasteiger partial charge in [-0.15, -0.1) is 10.2 Å². The fourth-order valence-corrected chi connectivity index (χ4v) is 6.77. The van der Waals surface area contributed by atoms with E-state index < -0.39 is 23.0 Å². The number of nitrogens with one attached hydrogen (secondary N) is 2. The van der Waals surface area contributed by atoms with Gasteiger partial charge in [-0.3, -0.25) is 14.6 Å². The van der Waals surface area contributed by atoms with Crippen LogP contribution in [0.5, 0.6) is 5.75 Å². The number of benzene rings is 2. The molecule has 232 valence electrons. The van der Waals surface area contributed by atoms with Crippen molar-refractivity contribution >= 4 is 17.5 Å². The van der Waals surface area contributed by atoms with Crippen molar-refractivity contribution in [3.63, 3.8) is 0 Å². The molecule has 2 heterocycles. The lowest BCUT2D eigenvalue weighted by molar-refractivity contribution is -0.134. The number of H-pyrrole nitrogens is 1. The Morgan fingerprint density at radius 3 is 2.32 bits per heavy atom. The quantitative estimate of drug-likeness (QED) is 0.367. The Hall–Kier alpha value is -4.22. The zero-order valence-electron chi connectivity index (χ0n) is 25.4. The van der Waals surface area contributed by atoms with Crippen LogP contribution in [-0.4, -0.2) is 55.8 Å². The van der Waals surface area contributed by atoms with E-state index >= 15 is 0 Å². The number of halogens is 2. The predicted molar refractivity (Wildman–Crippen MR) is 158 cm³/mol. The number of aromatic amines is 1. The highest BCUT2D eigenvalue weighted by molar-refractivity contribution is 6.46. The molecular formula is C32H37F2N7O3. The van der Waals surface area contributed by atoms with E-state index in [2.05, 4.69) is 46.7 Å². The van der Waals surface area contributed by atoms with E-state index in [0.717, 1.165) is 43.4 Å². The van der Waals surface area contributed by atoms with Gasteiger partial charge in [-0.2, -0.15) is 5.21 Å². The summed E-state index contributed by atoms with van der Waals surface area (Å²) in [6.45, 7) is 6.84. The lowest BCUT2D eigenvalue weighted by Crippen LogP contribution is -2.52. The summed E-state index contributed by atoms with van der Waals surface area (Å²) in [5, 5.41) is 16.3. The average Bonchev–Trinajstić information content (AvgIpc) is 3.62. The van der Waals surface area contributed by atoms with Crippen LogP contribution in [0.4, 0.5) is 8.78 Å². The molecule has 2 saturated carbocycles. The molecule has 2 aliphatic carbocycles. The molecule has 10 nitrogen and oxygen atoms in total. The minimum Gasteiger partial charge on any atom is -0.491 e. The number of rotatable bonds is 8. The molecule has 44 heavy (non-hydrogen) atoms. The molecule has 1 aliphatic heterocycles. The number of aromatic nitrogens is 4. The number of methoxy groups -OCH3 is 1. The van der Waals surface area contributed by atoms with Gasteiger partial charge in [0.05, 0.1) is 19.7 Å². The van der Waals surface area contributed by atoms with Gasteiger partial charge in [-0.25, -0.2) is 8.78 Å². The van der Waals surface area contributed by atoms with Gasteiger partial charge in [0.15, 0.2) is 23.2 Å². The standard InChI is InChI=1S/C32H37F2N7O3/c1-31(2,3)22-11-13-32(14-12-22)36-26(21-15-23(33)28(44-4)24(34)16-21)30(43)41(32)27(18-5-6-18)19-7-9-20(10-8-19)29(42)35-17-25-37-39-40-38-25/h7-10,15-16,18,22,27H,5-6,11-14,17H2,1-4H3,(H,35,42)(H,37,38,39,40). The van der Waals surface area contributed by atoms with Gasteiger partial charge in [0.1, 0.15) is 11.4 Å². The first-order valence-corrected chi connectivity index (χ1v) is 15.1. The number of ether oxygens (including phenoxy) is 1. The summed E-state index contributed by atoms with van der Waals surface area (Å²) >= 11 is 0. The van der Waals surface area contributed by atoms with E-state index in [1.165, 1.54) is 7.11 Å². The summed E-state index contributed by atoms with van der Waals surface area (Å²) in [6, 6.07) is 9.23. The van der Waals surface area contributed by atoms with Crippen molar-refractivity contribution in [1.82, 2.24) is 30.8 Å². The second-order valence-electron chi connectivity index (χ2n) is 13.1. The molecule has 0 saturated heterocycles. The second kappa shape index (κ2) is 11.4. The van der Waals surface area contributed by atoms with Crippen molar-refractivity contribution in [3.8, 4) is 5.75 Å². The number of carbonyl (C=O) groups excluding carboxylic acids is 2. The van der Waals surface area contributed by atoms with Crippen molar-refractivity contribution in [2.75, 3.05) is 7.11 Å². The Morgan fingerprint density at radius 1 is 1.11 bits per heavy atom. The average molecular weight is 606 g/mol. The third-order valence-corrected chi connectivity index (χ3v) is 9.33.